The Morgan fingerprint density at radius 1 is 1.00 bits per heavy atom. The zero-order valence-electron chi connectivity index (χ0n) is 14.6. The van der Waals surface area contributed by atoms with Gasteiger partial charge in [-0.25, -0.2) is 0 Å². The first-order chi connectivity index (χ1) is 12.5. The lowest BCUT2D eigenvalue weighted by Crippen LogP contribution is -2.32. The summed E-state index contributed by atoms with van der Waals surface area (Å²) in [6, 6.07) is 13.1. The summed E-state index contributed by atoms with van der Waals surface area (Å²) < 4.78 is 0. The Kier molecular flexibility index (Phi) is 5.94. The van der Waals surface area contributed by atoms with E-state index in [4.69, 9.17) is 16.7 Å². The molecule has 3 rings (SSSR count). The van der Waals surface area contributed by atoms with E-state index < -0.39 is 5.97 Å². The van der Waals surface area contributed by atoms with Crippen LogP contribution in [-0.4, -0.2) is 23.5 Å². The van der Waals surface area contributed by atoms with Crippen molar-refractivity contribution in [3.8, 4) is 0 Å². The molecule has 0 saturated carbocycles. The van der Waals surface area contributed by atoms with Crippen LogP contribution in [0.4, 0.5) is 5.69 Å². The topological polar surface area (TPSA) is 57.6 Å². The molecule has 0 unspecified atom stereocenters. The van der Waals surface area contributed by atoms with Gasteiger partial charge in [0.1, 0.15) is 0 Å². The minimum Gasteiger partial charge on any atom is -0.481 e. The number of hydrogen-bond acceptors (Lipinski definition) is 2. The van der Waals surface area contributed by atoms with Crippen molar-refractivity contribution in [2.75, 3.05) is 11.4 Å². The Labute approximate surface area is 158 Å². The first-order valence-corrected chi connectivity index (χ1v) is 9.33. The zero-order valence-corrected chi connectivity index (χ0v) is 15.3. The maximum atomic E-state index is 13.1. The van der Waals surface area contributed by atoms with Gasteiger partial charge in [-0.1, -0.05) is 17.7 Å². The highest BCUT2D eigenvalue weighted by Gasteiger charge is 2.20. The summed E-state index contributed by atoms with van der Waals surface area (Å²) in [5.41, 5.74) is 4.12. The molecule has 0 aromatic heterocycles. The second-order valence-corrected chi connectivity index (χ2v) is 7.06. The Bertz CT molecular complexity index is 801. The fourth-order valence-corrected chi connectivity index (χ4v) is 3.49. The molecule has 4 nitrogen and oxygen atoms in total. The number of unbranched alkanes of at least 4 members (excludes halogenated alkanes) is 1. The number of nitrogens with zero attached hydrogens (tertiary/aromatic N) is 1. The Morgan fingerprint density at radius 2 is 1.73 bits per heavy atom. The van der Waals surface area contributed by atoms with E-state index in [-0.39, 0.29) is 12.3 Å². The highest BCUT2D eigenvalue weighted by Crippen LogP contribution is 2.28. The summed E-state index contributed by atoms with van der Waals surface area (Å²) in [5.74, 6) is -0.895. The normalized spacial score (nSPS) is 12.7. The van der Waals surface area contributed by atoms with E-state index in [0.717, 1.165) is 24.9 Å². The van der Waals surface area contributed by atoms with Gasteiger partial charge in [-0.15, -0.1) is 0 Å². The molecule has 136 valence electrons. The summed E-state index contributed by atoms with van der Waals surface area (Å²) in [4.78, 5) is 25.5. The van der Waals surface area contributed by atoms with Crippen molar-refractivity contribution in [1.29, 1.82) is 0 Å². The SMILES string of the molecule is O=C(O)CCCCN(C(=O)c1ccc(Cl)cc1)c1ccc2c(c1)CCC2. The highest BCUT2D eigenvalue weighted by atomic mass is 35.5. The highest BCUT2D eigenvalue weighted by molar-refractivity contribution is 6.30. The molecule has 1 amide bonds. The van der Waals surface area contributed by atoms with Crippen molar-refractivity contribution in [2.24, 2.45) is 0 Å². The molecule has 0 bridgehead atoms. The Morgan fingerprint density at radius 3 is 2.46 bits per heavy atom. The van der Waals surface area contributed by atoms with Crippen molar-refractivity contribution >= 4 is 29.2 Å². The predicted molar refractivity (Wildman–Crippen MR) is 103 cm³/mol. The molecule has 0 radical (unpaired) electrons. The molecule has 2 aromatic carbocycles. The van der Waals surface area contributed by atoms with E-state index in [9.17, 15) is 9.59 Å². The molecule has 0 heterocycles. The molecule has 0 atom stereocenters. The van der Waals surface area contributed by atoms with E-state index in [0.29, 0.717) is 30.0 Å². The fraction of sp³-hybridized carbons (Fsp3) is 0.333. The molecule has 1 N–H and O–H groups in total. The number of aryl methyl sites for hydroxylation is 2. The van der Waals surface area contributed by atoms with Crippen molar-refractivity contribution in [3.63, 3.8) is 0 Å². The van der Waals surface area contributed by atoms with Crippen LogP contribution >= 0.6 is 11.6 Å². The molecule has 0 aliphatic heterocycles. The van der Waals surface area contributed by atoms with Crippen LogP contribution in [0.25, 0.3) is 0 Å². The zero-order chi connectivity index (χ0) is 18.5. The number of carboxylic acids is 1. The average molecular weight is 372 g/mol. The van der Waals surface area contributed by atoms with Gasteiger partial charge >= 0.3 is 5.97 Å². The number of carbonyl (C=O) groups excluding carboxylic acids is 1. The van der Waals surface area contributed by atoms with E-state index in [1.54, 1.807) is 29.2 Å². The summed E-state index contributed by atoms with van der Waals surface area (Å²) >= 11 is 5.93. The van der Waals surface area contributed by atoms with Crippen LogP contribution in [0.5, 0.6) is 0 Å². The number of aliphatic carboxylic acids is 1. The summed E-state index contributed by atoms with van der Waals surface area (Å²) in [6.45, 7) is 0.494. The van der Waals surface area contributed by atoms with Crippen molar-refractivity contribution in [1.82, 2.24) is 0 Å². The first-order valence-electron chi connectivity index (χ1n) is 8.95. The third kappa shape index (κ3) is 4.44. The van der Waals surface area contributed by atoms with E-state index >= 15 is 0 Å². The van der Waals surface area contributed by atoms with Crippen LogP contribution in [0.2, 0.25) is 5.02 Å². The van der Waals surface area contributed by atoms with E-state index in [2.05, 4.69) is 12.1 Å². The largest absolute Gasteiger partial charge is 0.481 e. The maximum Gasteiger partial charge on any atom is 0.303 e. The molecular weight excluding hydrogens is 350 g/mol. The van der Waals surface area contributed by atoms with Gasteiger partial charge in [0.2, 0.25) is 0 Å². The Hall–Kier alpha value is -2.33. The lowest BCUT2D eigenvalue weighted by Gasteiger charge is -2.24. The van der Waals surface area contributed by atoms with Crippen LogP contribution in [0.3, 0.4) is 0 Å². The molecule has 1 aliphatic carbocycles. The van der Waals surface area contributed by atoms with E-state index in [1.807, 2.05) is 6.07 Å². The second-order valence-electron chi connectivity index (χ2n) is 6.62. The molecule has 0 saturated heterocycles. The maximum absolute atomic E-state index is 13.1. The number of carboxylic acid groups (broad SMARTS) is 1. The average Bonchev–Trinajstić information content (AvgIpc) is 3.09. The number of hydrogen-bond donors (Lipinski definition) is 1. The summed E-state index contributed by atoms with van der Waals surface area (Å²) in [7, 11) is 0. The molecule has 1 aliphatic rings. The van der Waals surface area contributed by atoms with Crippen LogP contribution in [0, 0.1) is 0 Å². The number of halogens is 1. The van der Waals surface area contributed by atoms with Gasteiger partial charge in [-0.3, -0.25) is 9.59 Å². The second kappa shape index (κ2) is 8.37. The van der Waals surface area contributed by atoms with Gasteiger partial charge in [0.25, 0.3) is 5.91 Å². The van der Waals surface area contributed by atoms with Gasteiger partial charge in [0.05, 0.1) is 0 Å². The van der Waals surface area contributed by atoms with Crippen LogP contribution < -0.4 is 4.90 Å². The Balaban J connectivity index is 1.82. The minimum atomic E-state index is -0.807. The third-order valence-electron chi connectivity index (χ3n) is 4.75. The van der Waals surface area contributed by atoms with Gasteiger partial charge in [0, 0.05) is 29.2 Å². The predicted octanol–water partition coefficient (Wildman–Crippen LogP) is 4.73. The third-order valence-corrected chi connectivity index (χ3v) is 5.00. The minimum absolute atomic E-state index is 0.0880. The van der Waals surface area contributed by atoms with Crippen molar-refractivity contribution in [3.05, 3.63) is 64.2 Å². The van der Waals surface area contributed by atoms with Crippen molar-refractivity contribution in [2.45, 2.75) is 38.5 Å². The van der Waals surface area contributed by atoms with E-state index in [1.165, 1.54) is 11.1 Å². The molecule has 2 aromatic rings. The van der Waals surface area contributed by atoms with Gasteiger partial charge in [0.15, 0.2) is 0 Å². The number of anilines is 1. The lowest BCUT2D eigenvalue weighted by atomic mass is 10.1. The van der Waals surface area contributed by atoms with Crippen LogP contribution in [-0.2, 0) is 17.6 Å². The summed E-state index contributed by atoms with van der Waals surface area (Å²) in [6.07, 6.45) is 4.60. The molecule has 5 heteroatoms. The molecule has 0 spiro atoms. The van der Waals surface area contributed by atoms with Gasteiger partial charge in [-0.05, 0) is 79.6 Å². The number of fused-ring (bicyclic) bond motifs is 1. The van der Waals surface area contributed by atoms with Gasteiger partial charge < -0.3 is 10.0 Å². The number of carbonyl (C=O) groups is 2. The standard InChI is InChI=1S/C21H22ClNO3/c22-18-10-7-16(8-11-18)21(26)23(13-2-1-6-20(24)25)19-12-9-15-4-3-5-17(15)14-19/h7-12,14H,1-6,13H2,(H,24,25). The smallest absolute Gasteiger partial charge is 0.303 e. The lowest BCUT2D eigenvalue weighted by molar-refractivity contribution is -0.137. The van der Waals surface area contributed by atoms with Crippen LogP contribution in [0.15, 0.2) is 42.5 Å². The first kappa shape index (κ1) is 18.5. The molecule has 26 heavy (non-hydrogen) atoms. The van der Waals surface area contributed by atoms with Crippen molar-refractivity contribution < 1.29 is 14.7 Å². The quantitative estimate of drug-likeness (QED) is 0.716. The number of benzene rings is 2. The molecular formula is C21H22ClNO3. The monoisotopic (exact) mass is 371 g/mol. The van der Waals surface area contributed by atoms with Crippen LogP contribution in [0.1, 0.15) is 47.2 Å². The number of rotatable bonds is 7. The van der Waals surface area contributed by atoms with Gasteiger partial charge in [-0.2, -0.15) is 0 Å². The molecule has 0 fully saturated rings. The number of amides is 1. The fourth-order valence-electron chi connectivity index (χ4n) is 3.37. The summed E-state index contributed by atoms with van der Waals surface area (Å²) in [5, 5.41) is 9.41.